The summed E-state index contributed by atoms with van der Waals surface area (Å²) in [5, 5.41) is 9.94. The van der Waals surface area contributed by atoms with Crippen LogP contribution < -0.4 is 0 Å². The third-order valence-electron chi connectivity index (χ3n) is 10.0. The van der Waals surface area contributed by atoms with Crippen LogP contribution in [0.5, 0.6) is 0 Å². The van der Waals surface area contributed by atoms with E-state index in [1.54, 1.807) is 0 Å². The van der Waals surface area contributed by atoms with Crippen LogP contribution in [0.3, 0.4) is 0 Å². The van der Waals surface area contributed by atoms with Crippen molar-refractivity contribution < 1.29 is 0 Å². The number of hydrogen-bond donors (Lipinski definition) is 0. The van der Waals surface area contributed by atoms with Crippen LogP contribution in [-0.4, -0.2) is 0 Å². The molecule has 10 rings (SSSR count). The normalized spacial score (nSPS) is 10.5. The Kier molecular flexibility index (Phi) is 12.5. The van der Waals surface area contributed by atoms with Crippen LogP contribution >= 0.6 is 47.8 Å². The predicted molar refractivity (Wildman–Crippen MR) is 264 cm³/mol. The van der Waals surface area contributed by atoms with Crippen LogP contribution in [0, 0.1) is 24.2 Å². The van der Waals surface area contributed by atoms with Gasteiger partial charge in [-0.3, -0.25) is 0 Å². The summed E-state index contributed by atoms with van der Waals surface area (Å²) in [6.07, 6.45) is 5.44. The van der Waals surface area contributed by atoms with Crippen LogP contribution in [0.4, 0.5) is 0 Å². The maximum Gasteiger partial charge on any atom is 0.0397 e. The summed E-state index contributed by atoms with van der Waals surface area (Å²) < 4.78 is 3.22. The number of hydrogen-bond acceptors (Lipinski definition) is 0. The molecular weight excluding hydrogens is 912 g/mol. The molecule has 0 heterocycles. The number of halogens is 3. The smallest absolute Gasteiger partial charge is 0.0397 e. The first kappa shape index (κ1) is 39.6. The van der Waals surface area contributed by atoms with Gasteiger partial charge in [0.05, 0.1) is 0 Å². The first-order chi connectivity index (χ1) is 28.9. The number of rotatable bonds is 2. The van der Waals surface area contributed by atoms with Crippen molar-refractivity contribution in [3.05, 3.63) is 236 Å². The van der Waals surface area contributed by atoms with Crippen molar-refractivity contribution in [1.29, 1.82) is 0 Å². The number of terminal acetylenes is 1. The van der Waals surface area contributed by atoms with E-state index >= 15 is 0 Å². The Morgan fingerprint density at radius 1 is 0.288 bits per heavy atom. The van der Waals surface area contributed by atoms with Gasteiger partial charge in [0.1, 0.15) is 0 Å². The Morgan fingerprint density at radius 2 is 0.661 bits per heavy atom. The van der Waals surface area contributed by atoms with Gasteiger partial charge in [0, 0.05) is 30.1 Å². The summed E-state index contributed by atoms with van der Waals surface area (Å²) in [4.78, 5) is 0. The van der Waals surface area contributed by atoms with E-state index in [0.29, 0.717) is 0 Å². The van der Waals surface area contributed by atoms with Gasteiger partial charge < -0.3 is 0 Å². The molecule has 59 heavy (non-hydrogen) atoms. The lowest BCUT2D eigenvalue weighted by atomic mass is 10.00. The van der Waals surface area contributed by atoms with E-state index in [4.69, 9.17) is 6.42 Å². The zero-order valence-corrected chi connectivity index (χ0v) is 36.6. The molecule has 0 saturated heterocycles. The molecule has 3 heteroatoms. The molecular formula is C56H35Br3. The minimum absolute atomic E-state index is 0.917. The van der Waals surface area contributed by atoms with Gasteiger partial charge in [-0.25, -0.2) is 0 Å². The SMILES string of the molecule is Brc1cc2ccccc2cc1Br.Brc1cc2ccccc2cc1C#Cc1cccc(-c2ccc3ccccc3c2)c1.C#Cc1cccc(-c2ccc3ccccc3c2)c1. The molecule has 0 aliphatic carbocycles. The second-order valence-electron chi connectivity index (χ2n) is 14.0. The van der Waals surface area contributed by atoms with Crippen molar-refractivity contribution in [1.82, 2.24) is 0 Å². The largest absolute Gasteiger partial charge is 0.115 e. The molecule has 10 aromatic rings. The third-order valence-corrected chi connectivity index (χ3v) is 12.5. The van der Waals surface area contributed by atoms with E-state index in [1.165, 1.54) is 59.8 Å². The summed E-state index contributed by atoms with van der Waals surface area (Å²) in [5.74, 6) is 9.34. The molecule has 0 bridgehead atoms. The highest BCUT2D eigenvalue weighted by atomic mass is 79.9. The van der Waals surface area contributed by atoms with Crippen molar-refractivity contribution in [2.24, 2.45) is 0 Å². The molecule has 0 N–H and O–H groups in total. The molecule has 10 aromatic carbocycles. The molecule has 0 aliphatic rings. The van der Waals surface area contributed by atoms with Gasteiger partial charge in [0.25, 0.3) is 0 Å². The number of benzene rings is 10. The van der Waals surface area contributed by atoms with Crippen LogP contribution in [0.2, 0.25) is 0 Å². The van der Waals surface area contributed by atoms with Crippen LogP contribution in [0.25, 0.3) is 65.3 Å². The highest BCUT2D eigenvalue weighted by Gasteiger charge is 2.04. The maximum atomic E-state index is 5.44. The maximum absolute atomic E-state index is 5.44. The minimum Gasteiger partial charge on any atom is -0.115 e. The summed E-state index contributed by atoms with van der Waals surface area (Å²) >= 11 is 10.6. The van der Waals surface area contributed by atoms with E-state index in [0.717, 1.165) is 35.7 Å². The van der Waals surface area contributed by atoms with Crippen molar-refractivity contribution in [2.45, 2.75) is 0 Å². The van der Waals surface area contributed by atoms with E-state index < -0.39 is 0 Å². The predicted octanol–water partition coefficient (Wildman–Crippen LogP) is 16.7. The highest BCUT2D eigenvalue weighted by molar-refractivity contribution is 9.13. The molecule has 0 aromatic heterocycles. The summed E-state index contributed by atoms with van der Waals surface area (Å²) in [5.41, 5.74) is 7.68. The first-order valence-electron chi connectivity index (χ1n) is 19.1. The fourth-order valence-corrected chi connectivity index (χ4v) is 8.12. The molecule has 0 unspecified atom stereocenters. The van der Waals surface area contributed by atoms with Gasteiger partial charge in [-0.15, -0.1) is 6.42 Å². The van der Waals surface area contributed by atoms with Crippen LogP contribution in [0.1, 0.15) is 16.7 Å². The van der Waals surface area contributed by atoms with Crippen molar-refractivity contribution in [2.75, 3.05) is 0 Å². The molecule has 0 amide bonds. The summed E-state index contributed by atoms with van der Waals surface area (Å²) in [6, 6.07) is 71.5. The molecule has 0 aliphatic heterocycles. The Bertz CT molecular complexity index is 3190. The van der Waals surface area contributed by atoms with Gasteiger partial charge in [0.15, 0.2) is 0 Å². The zero-order valence-electron chi connectivity index (χ0n) is 31.8. The van der Waals surface area contributed by atoms with Crippen molar-refractivity contribution in [3.8, 4) is 46.4 Å². The van der Waals surface area contributed by atoms with Gasteiger partial charge in [-0.1, -0.05) is 163 Å². The molecule has 0 fully saturated rings. The Hall–Kier alpha value is -6.20. The lowest BCUT2D eigenvalue weighted by molar-refractivity contribution is 1.60. The van der Waals surface area contributed by atoms with Crippen LogP contribution in [0.15, 0.2) is 220 Å². The average molecular weight is 948 g/mol. The quantitative estimate of drug-likeness (QED) is 0.152. The summed E-state index contributed by atoms with van der Waals surface area (Å²) in [6.45, 7) is 0. The fourth-order valence-electron chi connectivity index (χ4n) is 6.94. The molecule has 0 nitrogen and oxygen atoms in total. The molecule has 0 radical (unpaired) electrons. The van der Waals surface area contributed by atoms with Gasteiger partial charge >= 0.3 is 0 Å². The second-order valence-corrected chi connectivity index (χ2v) is 16.5. The van der Waals surface area contributed by atoms with Crippen LogP contribution in [-0.2, 0) is 0 Å². The molecule has 0 atom stereocenters. The minimum atomic E-state index is 0.917. The Balaban J connectivity index is 0.000000137. The molecule has 280 valence electrons. The highest BCUT2D eigenvalue weighted by Crippen LogP contribution is 2.29. The topological polar surface area (TPSA) is 0 Å². The van der Waals surface area contributed by atoms with E-state index in [9.17, 15) is 0 Å². The Labute approximate surface area is 371 Å². The first-order valence-corrected chi connectivity index (χ1v) is 21.5. The van der Waals surface area contributed by atoms with Crippen molar-refractivity contribution >= 4 is 90.9 Å². The lowest BCUT2D eigenvalue weighted by Gasteiger charge is -2.05. The van der Waals surface area contributed by atoms with Gasteiger partial charge in [0.2, 0.25) is 0 Å². The summed E-state index contributed by atoms with van der Waals surface area (Å²) in [7, 11) is 0. The van der Waals surface area contributed by atoms with E-state index in [2.05, 4.69) is 241 Å². The third kappa shape index (κ3) is 9.75. The second kappa shape index (κ2) is 18.6. The fraction of sp³-hybridized carbons (Fsp3) is 0. The van der Waals surface area contributed by atoms with E-state index in [-0.39, 0.29) is 0 Å². The zero-order chi connectivity index (χ0) is 40.6. The molecule has 0 saturated carbocycles. The van der Waals surface area contributed by atoms with Gasteiger partial charge in [-0.2, -0.15) is 0 Å². The molecule has 0 spiro atoms. The van der Waals surface area contributed by atoms with Crippen molar-refractivity contribution in [3.63, 3.8) is 0 Å². The standard InChI is InChI=1S/C28H17Br.C18H12.C10H6Br2/c29-28-19-25-10-4-3-9-24(25)18-27(28)13-12-20-6-5-11-22(16-20)26-15-14-21-7-1-2-8-23(21)17-26;1-2-14-6-5-9-16(12-14)18-11-10-15-7-3-4-8-17(15)13-18;11-9-5-7-3-1-2-4-8(7)6-10(9)12/h1-11,14-19H;1,3-13H;1-6H. The number of fused-ring (bicyclic) bond motifs is 4. The lowest BCUT2D eigenvalue weighted by Crippen LogP contribution is -1.83. The van der Waals surface area contributed by atoms with Gasteiger partial charge in [-0.05, 0) is 174 Å². The van der Waals surface area contributed by atoms with E-state index in [1.807, 2.05) is 30.3 Å². The average Bonchev–Trinajstić information content (AvgIpc) is 3.29. The Morgan fingerprint density at radius 3 is 1.14 bits per heavy atom. The monoisotopic (exact) mass is 944 g/mol.